The molecule has 24 heavy (non-hydrogen) atoms. The van der Waals surface area contributed by atoms with Gasteiger partial charge in [0.2, 0.25) is 0 Å². The van der Waals surface area contributed by atoms with Gasteiger partial charge in [0.15, 0.2) is 5.78 Å². The van der Waals surface area contributed by atoms with Crippen LogP contribution >= 0.6 is 0 Å². The van der Waals surface area contributed by atoms with Crippen LogP contribution in [0.25, 0.3) is 0 Å². The predicted octanol–water partition coefficient (Wildman–Crippen LogP) is 3.80. The standard InChI is InChI=1S/C21H27NO2/c1-24-15-7-8-16-18(12-15)21-9-3-2-4-17(21)19(20(16)23)22(11-10-21)13-14-5-6-14/h7-8,12,14,17,19H,2-6,9-11,13H2,1H3/t17-,19-,21+/m0/s1. The molecule has 4 aliphatic rings. The first-order valence-corrected chi connectivity index (χ1v) is 9.70. The molecule has 1 aromatic rings. The lowest BCUT2D eigenvalue weighted by molar-refractivity contribution is -0.00440. The Morgan fingerprint density at radius 3 is 2.88 bits per heavy atom. The lowest BCUT2D eigenvalue weighted by atomic mass is 9.52. The molecule has 2 saturated carbocycles. The van der Waals surface area contributed by atoms with Crippen molar-refractivity contribution >= 4 is 5.78 Å². The van der Waals surface area contributed by atoms with E-state index in [9.17, 15) is 4.79 Å². The van der Waals surface area contributed by atoms with Gasteiger partial charge in [0, 0.05) is 17.5 Å². The van der Waals surface area contributed by atoms with E-state index >= 15 is 0 Å². The predicted molar refractivity (Wildman–Crippen MR) is 93.7 cm³/mol. The van der Waals surface area contributed by atoms with Crippen molar-refractivity contribution in [3.63, 3.8) is 0 Å². The number of methoxy groups -OCH3 is 1. The van der Waals surface area contributed by atoms with Crippen LogP contribution in [-0.2, 0) is 5.41 Å². The lowest BCUT2D eigenvalue weighted by Crippen LogP contribution is -2.63. The van der Waals surface area contributed by atoms with Crippen LogP contribution in [0.2, 0.25) is 0 Å². The molecule has 128 valence electrons. The highest BCUT2D eigenvalue weighted by Crippen LogP contribution is 2.56. The first kappa shape index (κ1) is 14.9. The van der Waals surface area contributed by atoms with Crippen molar-refractivity contribution in [1.29, 1.82) is 0 Å². The summed E-state index contributed by atoms with van der Waals surface area (Å²) in [4.78, 5) is 16.0. The summed E-state index contributed by atoms with van der Waals surface area (Å²) in [6.07, 6.45) is 8.99. The number of hydrogen-bond acceptors (Lipinski definition) is 3. The van der Waals surface area contributed by atoms with Gasteiger partial charge < -0.3 is 4.74 Å². The largest absolute Gasteiger partial charge is 0.497 e. The second kappa shape index (κ2) is 5.32. The quantitative estimate of drug-likeness (QED) is 0.846. The number of hydrogen-bond donors (Lipinski definition) is 0. The van der Waals surface area contributed by atoms with Crippen molar-refractivity contribution in [3.05, 3.63) is 29.3 Å². The van der Waals surface area contributed by atoms with Crippen molar-refractivity contribution in [2.24, 2.45) is 11.8 Å². The van der Waals surface area contributed by atoms with Gasteiger partial charge in [-0.25, -0.2) is 0 Å². The number of Topliss-reactive ketones (excluding diaryl/α,β-unsaturated/α-hetero) is 1. The minimum Gasteiger partial charge on any atom is -0.497 e. The van der Waals surface area contributed by atoms with Crippen LogP contribution in [0.5, 0.6) is 5.75 Å². The minimum atomic E-state index is 0.139. The second-order valence-corrected chi connectivity index (χ2v) is 8.42. The summed E-state index contributed by atoms with van der Waals surface area (Å²) in [7, 11) is 1.73. The molecular formula is C21H27NO2. The van der Waals surface area contributed by atoms with Crippen LogP contribution in [0.15, 0.2) is 18.2 Å². The zero-order valence-electron chi connectivity index (χ0n) is 14.6. The molecule has 0 radical (unpaired) electrons. The summed E-state index contributed by atoms with van der Waals surface area (Å²) in [5.41, 5.74) is 2.51. The fourth-order valence-electron chi connectivity index (χ4n) is 5.86. The van der Waals surface area contributed by atoms with E-state index in [0.717, 1.165) is 30.3 Å². The maximum Gasteiger partial charge on any atom is 0.180 e. The van der Waals surface area contributed by atoms with Gasteiger partial charge in [-0.3, -0.25) is 9.69 Å². The van der Waals surface area contributed by atoms with E-state index in [1.807, 2.05) is 12.1 Å². The molecule has 2 bridgehead atoms. The number of likely N-dealkylation sites (tertiary alicyclic amines) is 1. The summed E-state index contributed by atoms with van der Waals surface area (Å²) in [6, 6.07) is 6.33. The zero-order valence-corrected chi connectivity index (χ0v) is 14.6. The molecule has 0 spiro atoms. The average molecular weight is 325 g/mol. The highest BCUT2D eigenvalue weighted by atomic mass is 16.5. The van der Waals surface area contributed by atoms with Crippen molar-refractivity contribution in [2.75, 3.05) is 20.2 Å². The third-order valence-electron chi connectivity index (χ3n) is 7.20. The maximum absolute atomic E-state index is 13.4. The van der Waals surface area contributed by atoms with Gasteiger partial charge in [-0.2, -0.15) is 0 Å². The summed E-state index contributed by atoms with van der Waals surface area (Å²) in [5.74, 6) is 2.66. The van der Waals surface area contributed by atoms with Gasteiger partial charge in [-0.1, -0.05) is 12.8 Å². The third-order valence-corrected chi connectivity index (χ3v) is 7.20. The van der Waals surface area contributed by atoms with Crippen LogP contribution in [0.4, 0.5) is 0 Å². The number of benzene rings is 1. The molecule has 1 heterocycles. The molecule has 0 unspecified atom stereocenters. The van der Waals surface area contributed by atoms with Crippen LogP contribution in [0.3, 0.4) is 0 Å². The highest BCUT2D eigenvalue weighted by Gasteiger charge is 2.57. The Kier molecular flexibility index (Phi) is 3.31. The Labute approximate surface area is 144 Å². The van der Waals surface area contributed by atoms with E-state index in [4.69, 9.17) is 4.74 Å². The van der Waals surface area contributed by atoms with Crippen LogP contribution in [-0.4, -0.2) is 36.9 Å². The Balaban J connectivity index is 1.63. The van der Waals surface area contributed by atoms with E-state index < -0.39 is 0 Å². The third kappa shape index (κ3) is 2.03. The Bertz CT molecular complexity index is 680. The molecule has 0 amide bonds. The van der Waals surface area contributed by atoms with Crippen LogP contribution < -0.4 is 4.74 Å². The number of rotatable bonds is 3. The summed E-state index contributed by atoms with van der Waals surface area (Å²) >= 11 is 0. The van der Waals surface area contributed by atoms with E-state index in [1.54, 1.807) is 7.11 Å². The molecule has 3 fully saturated rings. The van der Waals surface area contributed by atoms with Gasteiger partial charge in [0.05, 0.1) is 13.2 Å². The molecule has 0 aromatic heterocycles. The van der Waals surface area contributed by atoms with E-state index in [-0.39, 0.29) is 11.5 Å². The van der Waals surface area contributed by atoms with Gasteiger partial charge in [-0.15, -0.1) is 0 Å². The average Bonchev–Trinajstić information content (AvgIpc) is 3.44. The van der Waals surface area contributed by atoms with E-state index in [2.05, 4.69) is 11.0 Å². The second-order valence-electron chi connectivity index (χ2n) is 8.42. The Morgan fingerprint density at radius 1 is 1.21 bits per heavy atom. The highest BCUT2D eigenvalue weighted by molar-refractivity contribution is 6.04. The van der Waals surface area contributed by atoms with Gasteiger partial charge in [0.1, 0.15) is 5.75 Å². The van der Waals surface area contributed by atoms with E-state index in [0.29, 0.717) is 11.7 Å². The molecule has 1 saturated heterocycles. The SMILES string of the molecule is COc1ccc2c(c1)[C@@]13CCCC[C@H]1[C@@H](C2=O)N(CC1CC1)CC3. The normalized spacial score (nSPS) is 35.3. The van der Waals surface area contributed by atoms with Gasteiger partial charge >= 0.3 is 0 Å². The molecule has 3 heteroatoms. The van der Waals surface area contributed by atoms with Gasteiger partial charge in [0.25, 0.3) is 0 Å². The summed E-state index contributed by atoms with van der Waals surface area (Å²) in [6.45, 7) is 2.24. The number of carbonyl (C=O) groups excluding carboxylic acids is 1. The molecule has 0 N–H and O–H groups in total. The number of nitrogens with zero attached hydrogens (tertiary/aromatic N) is 1. The first-order chi connectivity index (χ1) is 11.7. The molecule has 3 nitrogen and oxygen atoms in total. The Morgan fingerprint density at radius 2 is 2.08 bits per heavy atom. The van der Waals surface area contributed by atoms with Crippen LogP contribution in [0.1, 0.15) is 60.9 Å². The molecule has 3 aliphatic carbocycles. The number of carbonyl (C=O) groups is 1. The number of ether oxygens (including phenoxy) is 1. The molecule has 1 aliphatic heterocycles. The molecule has 5 rings (SSSR count). The lowest BCUT2D eigenvalue weighted by Gasteiger charge is -2.58. The number of piperidine rings is 1. The topological polar surface area (TPSA) is 29.5 Å². The first-order valence-electron chi connectivity index (χ1n) is 9.70. The zero-order chi connectivity index (χ0) is 16.3. The van der Waals surface area contributed by atoms with Crippen molar-refractivity contribution in [3.8, 4) is 5.75 Å². The maximum atomic E-state index is 13.4. The van der Waals surface area contributed by atoms with Crippen molar-refractivity contribution in [1.82, 2.24) is 4.90 Å². The fourth-order valence-corrected chi connectivity index (χ4v) is 5.86. The summed E-state index contributed by atoms with van der Waals surface area (Å²) in [5, 5.41) is 0. The van der Waals surface area contributed by atoms with Gasteiger partial charge in [-0.05, 0) is 74.2 Å². The smallest absolute Gasteiger partial charge is 0.180 e. The Hall–Kier alpha value is -1.35. The molecule has 3 atom stereocenters. The fraction of sp³-hybridized carbons (Fsp3) is 0.667. The minimum absolute atomic E-state index is 0.139. The molecule has 1 aromatic carbocycles. The summed E-state index contributed by atoms with van der Waals surface area (Å²) < 4.78 is 5.49. The number of fused-ring (bicyclic) bond motifs is 1. The van der Waals surface area contributed by atoms with Crippen LogP contribution in [0, 0.1) is 11.8 Å². The monoisotopic (exact) mass is 325 g/mol. The van der Waals surface area contributed by atoms with Crippen molar-refractivity contribution < 1.29 is 9.53 Å². The van der Waals surface area contributed by atoms with E-state index in [1.165, 1.54) is 50.5 Å². The number of ketones is 1. The van der Waals surface area contributed by atoms with Crippen molar-refractivity contribution in [2.45, 2.75) is 56.4 Å². The molecular weight excluding hydrogens is 298 g/mol.